The molecule has 8 nitrogen and oxygen atoms in total. The molecule has 0 aliphatic heterocycles. The van der Waals surface area contributed by atoms with Crippen LogP contribution < -0.4 is 0 Å². The molecular weight excluding hydrogens is 620 g/mol. The molecule has 0 saturated heterocycles. The van der Waals surface area contributed by atoms with Crippen molar-refractivity contribution in [3.63, 3.8) is 0 Å². The quantitative estimate of drug-likeness (QED) is 0.0881. The zero-order chi connectivity index (χ0) is 33.4. The van der Waals surface area contributed by atoms with Gasteiger partial charge in [0.1, 0.15) is 29.9 Å². The number of hydrogen-bond acceptors (Lipinski definition) is 8. The predicted octanol–water partition coefficient (Wildman–Crippen LogP) is 8.06. The maximum absolute atomic E-state index is 15.7. The highest BCUT2D eigenvalue weighted by atomic mass is 32.1. The van der Waals surface area contributed by atoms with Crippen molar-refractivity contribution >= 4 is 17.3 Å². The van der Waals surface area contributed by atoms with Gasteiger partial charge in [-0.3, -0.25) is 0 Å². The molecule has 2 aromatic heterocycles. The standard InChI is InChI=1S/C36H35F2N5O3S/c1-4-25(5-2)15-27-7-6-8-29(16-27)35(44)45-23-46-36(20-43-22-40-21-41-43,31-14-13-30(37)17-32(31)38)24(3)34-42-33(19-47-34)28-11-9-26(18-39)10-12-28/h6-14,16-17,19,21-22,24-25H,4-5,15,20,23H2,1-3H3. The van der Waals surface area contributed by atoms with Crippen LogP contribution in [0.15, 0.2) is 84.8 Å². The van der Waals surface area contributed by atoms with E-state index in [0.29, 0.717) is 27.7 Å². The summed E-state index contributed by atoms with van der Waals surface area (Å²) in [7, 11) is 0. The van der Waals surface area contributed by atoms with E-state index < -0.39 is 35.9 Å². The Morgan fingerprint density at radius 2 is 1.87 bits per heavy atom. The number of halogens is 2. The number of aromatic nitrogens is 4. The fourth-order valence-corrected chi connectivity index (χ4v) is 6.60. The Bertz CT molecular complexity index is 1830. The van der Waals surface area contributed by atoms with Gasteiger partial charge in [-0.1, -0.05) is 63.9 Å². The van der Waals surface area contributed by atoms with Gasteiger partial charge < -0.3 is 9.47 Å². The third kappa shape index (κ3) is 7.79. The van der Waals surface area contributed by atoms with Crippen LogP contribution in [0.25, 0.3) is 11.3 Å². The van der Waals surface area contributed by atoms with Crippen molar-refractivity contribution in [2.24, 2.45) is 5.92 Å². The average molecular weight is 656 g/mol. The number of nitrogens with zero attached hydrogens (tertiary/aromatic N) is 5. The summed E-state index contributed by atoms with van der Waals surface area (Å²) in [4.78, 5) is 22.1. The molecule has 2 atom stereocenters. The van der Waals surface area contributed by atoms with Crippen LogP contribution in [0.3, 0.4) is 0 Å². The number of carbonyl (C=O) groups is 1. The number of thiazole rings is 1. The average Bonchev–Trinajstić information content (AvgIpc) is 3.79. The molecule has 0 amide bonds. The lowest BCUT2D eigenvalue weighted by Gasteiger charge is -2.38. The van der Waals surface area contributed by atoms with Crippen molar-refractivity contribution in [2.45, 2.75) is 58.1 Å². The van der Waals surface area contributed by atoms with Crippen molar-refractivity contribution in [1.29, 1.82) is 5.26 Å². The van der Waals surface area contributed by atoms with Crippen LogP contribution in [0.5, 0.6) is 0 Å². The summed E-state index contributed by atoms with van der Waals surface area (Å²) < 4.78 is 43.5. The number of ether oxygens (including phenoxy) is 2. The lowest BCUT2D eigenvalue weighted by molar-refractivity contribution is -0.148. The lowest BCUT2D eigenvalue weighted by atomic mass is 9.81. The van der Waals surface area contributed by atoms with Crippen LogP contribution in [-0.2, 0) is 28.0 Å². The zero-order valence-corrected chi connectivity index (χ0v) is 27.2. The van der Waals surface area contributed by atoms with E-state index in [1.54, 1.807) is 30.3 Å². The number of carbonyl (C=O) groups excluding carboxylic acids is 1. The van der Waals surface area contributed by atoms with E-state index in [9.17, 15) is 14.4 Å². The summed E-state index contributed by atoms with van der Waals surface area (Å²) in [6, 6.07) is 19.7. The summed E-state index contributed by atoms with van der Waals surface area (Å²) in [6.45, 7) is 5.55. The maximum Gasteiger partial charge on any atom is 0.340 e. The van der Waals surface area contributed by atoms with Gasteiger partial charge in [-0.25, -0.2) is 28.2 Å². The lowest BCUT2D eigenvalue weighted by Crippen LogP contribution is -2.42. The zero-order valence-electron chi connectivity index (χ0n) is 26.4. The number of rotatable bonds is 14. The monoisotopic (exact) mass is 655 g/mol. The first-order valence-corrected chi connectivity index (χ1v) is 16.3. The van der Waals surface area contributed by atoms with E-state index in [-0.39, 0.29) is 12.1 Å². The van der Waals surface area contributed by atoms with Gasteiger partial charge in [-0.2, -0.15) is 10.4 Å². The normalized spacial score (nSPS) is 13.2. The molecule has 3 aromatic carbocycles. The van der Waals surface area contributed by atoms with Crippen LogP contribution in [0.2, 0.25) is 0 Å². The number of nitriles is 1. The molecule has 2 heterocycles. The molecule has 5 aromatic rings. The fraction of sp³-hybridized carbons (Fsp3) is 0.306. The highest BCUT2D eigenvalue weighted by molar-refractivity contribution is 7.10. The van der Waals surface area contributed by atoms with Gasteiger partial charge in [0.15, 0.2) is 6.79 Å². The minimum absolute atomic E-state index is 0.0419. The van der Waals surface area contributed by atoms with Gasteiger partial charge in [0, 0.05) is 28.5 Å². The molecule has 47 heavy (non-hydrogen) atoms. The van der Waals surface area contributed by atoms with Crippen molar-refractivity contribution in [3.8, 4) is 17.3 Å². The van der Waals surface area contributed by atoms with Gasteiger partial charge >= 0.3 is 5.97 Å². The first-order chi connectivity index (χ1) is 22.8. The Balaban J connectivity index is 1.48. The Morgan fingerprint density at radius 3 is 2.55 bits per heavy atom. The maximum atomic E-state index is 15.7. The van der Waals surface area contributed by atoms with Gasteiger partial charge in [0.2, 0.25) is 0 Å². The first-order valence-electron chi connectivity index (χ1n) is 15.4. The smallest absolute Gasteiger partial charge is 0.340 e. The summed E-state index contributed by atoms with van der Waals surface area (Å²) in [5.41, 5.74) is 1.88. The molecule has 0 radical (unpaired) electrons. The highest BCUT2D eigenvalue weighted by Crippen LogP contribution is 2.44. The number of benzene rings is 3. The van der Waals surface area contributed by atoms with E-state index >= 15 is 4.39 Å². The minimum atomic E-state index is -1.57. The first kappa shape index (κ1) is 33.6. The molecule has 0 saturated carbocycles. The van der Waals surface area contributed by atoms with Crippen molar-refractivity contribution < 1.29 is 23.0 Å². The Morgan fingerprint density at radius 1 is 1.09 bits per heavy atom. The van der Waals surface area contributed by atoms with E-state index in [1.807, 2.05) is 30.5 Å². The molecule has 0 fully saturated rings. The molecule has 0 aliphatic rings. The third-order valence-electron chi connectivity index (χ3n) is 8.50. The largest absolute Gasteiger partial charge is 0.435 e. The number of esters is 1. The highest BCUT2D eigenvalue weighted by Gasteiger charge is 2.45. The molecular formula is C36H35F2N5O3S. The molecule has 0 aliphatic carbocycles. The Labute approximate surface area is 276 Å². The molecule has 0 bridgehead atoms. The summed E-state index contributed by atoms with van der Waals surface area (Å²) in [5, 5.41) is 15.9. The van der Waals surface area contributed by atoms with Crippen molar-refractivity contribution in [3.05, 3.63) is 124 Å². The number of hydrogen-bond donors (Lipinski definition) is 0. The summed E-state index contributed by atoms with van der Waals surface area (Å²) >= 11 is 1.35. The van der Waals surface area contributed by atoms with Crippen LogP contribution in [-0.4, -0.2) is 32.5 Å². The van der Waals surface area contributed by atoms with E-state index in [4.69, 9.17) is 14.5 Å². The van der Waals surface area contributed by atoms with Crippen LogP contribution in [0.4, 0.5) is 8.78 Å². The van der Waals surface area contributed by atoms with Crippen molar-refractivity contribution in [1.82, 2.24) is 19.7 Å². The van der Waals surface area contributed by atoms with Crippen LogP contribution in [0.1, 0.15) is 71.6 Å². The Hall–Kier alpha value is -4.79. The van der Waals surface area contributed by atoms with Gasteiger partial charge in [-0.05, 0) is 48.2 Å². The fourth-order valence-electron chi connectivity index (χ4n) is 5.63. The summed E-state index contributed by atoms with van der Waals surface area (Å²) in [5.74, 6) is -2.30. The van der Waals surface area contributed by atoms with Gasteiger partial charge in [0.25, 0.3) is 0 Å². The molecule has 0 spiro atoms. The molecule has 0 N–H and O–H groups in total. The van der Waals surface area contributed by atoms with Crippen LogP contribution in [0, 0.1) is 28.9 Å². The second kappa shape index (κ2) is 15.2. The van der Waals surface area contributed by atoms with E-state index in [2.05, 4.69) is 30.0 Å². The SMILES string of the molecule is CCC(CC)Cc1cccc(C(=O)OCOC(Cn2cncn2)(c2ccc(F)cc2F)C(C)c2nc(-c3ccc(C#N)cc3)cs2)c1. The molecule has 2 unspecified atom stereocenters. The molecule has 5 rings (SSSR count). The van der Waals surface area contributed by atoms with Crippen LogP contribution >= 0.6 is 11.3 Å². The predicted molar refractivity (Wildman–Crippen MR) is 174 cm³/mol. The molecule has 11 heteroatoms. The topological polar surface area (TPSA) is 103 Å². The minimum Gasteiger partial charge on any atom is -0.435 e. The van der Waals surface area contributed by atoms with Gasteiger partial charge in [0.05, 0.1) is 34.4 Å². The third-order valence-corrected chi connectivity index (χ3v) is 9.53. The van der Waals surface area contributed by atoms with Crippen molar-refractivity contribution in [2.75, 3.05) is 6.79 Å². The summed E-state index contributed by atoms with van der Waals surface area (Å²) in [6.07, 6.45) is 5.74. The van der Waals surface area contributed by atoms with E-state index in [1.165, 1.54) is 34.7 Å². The Kier molecular flexibility index (Phi) is 10.9. The second-order valence-corrected chi connectivity index (χ2v) is 12.3. The molecule has 242 valence electrons. The second-order valence-electron chi connectivity index (χ2n) is 11.4. The van der Waals surface area contributed by atoms with Gasteiger partial charge in [-0.15, -0.1) is 11.3 Å². The van der Waals surface area contributed by atoms with E-state index in [0.717, 1.165) is 42.5 Å².